The van der Waals surface area contributed by atoms with Crippen molar-refractivity contribution >= 4 is 10.0 Å². The Bertz CT molecular complexity index is 858. The van der Waals surface area contributed by atoms with Crippen molar-refractivity contribution in [3.8, 4) is 6.07 Å². The zero-order valence-electron chi connectivity index (χ0n) is 11.8. The average molecular weight is 344 g/mol. The van der Waals surface area contributed by atoms with Gasteiger partial charge in [-0.05, 0) is 12.1 Å². The summed E-state index contributed by atoms with van der Waals surface area (Å²) in [7, 11) is -3.12. The summed E-state index contributed by atoms with van der Waals surface area (Å²) in [5.41, 5.74) is -0.628. The highest BCUT2D eigenvalue weighted by Crippen LogP contribution is 2.23. The molecule has 0 atom stereocenters. The van der Waals surface area contributed by atoms with Gasteiger partial charge in [-0.2, -0.15) is 18.3 Å². The van der Waals surface area contributed by atoms with E-state index in [1.807, 2.05) is 0 Å². The summed E-state index contributed by atoms with van der Waals surface area (Å²) >= 11 is 0. The van der Waals surface area contributed by atoms with Crippen LogP contribution in [0.15, 0.2) is 35.5 Å². The third kappa shape index (κ3) is 3.20. The SMILES string of the molecule is CN(Cc1nccn1C(F)F)S(=O)(=O)c1cccc(F)c1C#N. The summed E-state index contributed by atoms with van der Waals surface area (Å²) in [6.45, 7) is -3.33. The molecule has 0 bridgehead atoms. The minimum Gasteiger partial charge on any atom is -0.277 e. The van der Waals surface area contributed by atoms with Gasteiger partial charge in [0, 0.05) is 19.4 Å². The first-order valence-electron chi connectivity index (χ1n) is 6.24. The van der Waals surface area contributed by atoms with Crippen molar-refractivity contribution in [1.29, 1.82) is 5.26 Å². The van der Waals surface area contributed by atoms with Crippen LogP contribution in [0.3, 0.4) is 0 Å². The van der Waals surface area contributed by atoms with Gasteiger partial charge in [-0.25, -0.2) is 17.8 Å². The Morgan fingerprint density at radius 3 is 2.74 bits per heavy atom. The topological polar surface area (TPSA) is 79.0 Å². The Balaban J connectivity index is 2.39. The van der Waals surface area contributed by atoms with Crippen LogP contribution >= 0.6 is 0 Å². The van der Waals surface area contributed by atoms with Gasteiger partial charge < -0.3 is 0 Å². The van der Waals surface area contributed by atoms with Crippen LogP contribution in [-0.2, 0) is 16.6 Å². The van der Waals surface area contributed by atoms with E-state index in [-0.39, 0.29) is 5.82 Å². The van der Waals surface area contributed by atoms with Crippen molar-refractivity contribution in [3.63, 3.8) is 0 Å². The molecule has 0 fully saturated rings. The Labute approximate surface area is 130 Å². The molecule has 1 heterocycles. The summed E-state index contributed by atoms with van der Waals surface area (Å²) in [6, 6.07) is 4.68. The van der Waals surface area contributed by atoms with Crippen LogP contribution in [-0.4, -0.2) is 29.3 Å². The number of benzene rings is 1. The largest absolute Gasteiger partial charge is 0.319 e. The number of nitriles is 1. The van der Waals surface area contributed by atoms with E-state index in [9.17, 15) is 21.6 Å². The predicted octanol–water partition coefficient (Wildman–Crippen LogP) is 2.11. The minimum absolute atomic E-state index is 0.180. The molecule has 1 aromatic carbocycles. The molecule has 0 amide bonds. The molecule has 0 radical (unpaired) electrons. The zero-order chi connectivity index (χ0) is 17.2. The summed E-state index contributed by atoms with van der Waals surface area (Å²) in [6.07, 6.45) is 2.13. The summed E-state index contributed by atoms with van der Waals surface area (Å²) in [5, 5.41) is 8.93. The van der Waals surface area contributed by atoms with Gasteiger partial charge in [-0.1, -0.05) is 6.07 Å². The molecule has 0 unspecified atom stereocenters. The number of hydrogen-bond donors (Lipinski definition) is 0. The quantitative estimate of drug-likeness (QED) is 0.832. The van der Waals surface area contributed by atoms with Crippen molar-refractivity contribution in [2.24, 2.45) is 0 Å². The number of sulfonamides is 1. The fourth-order valence-corrected chi connectivity index (χ4v) is 3.20. The maximum atomic E-state index is 13.6. The third-order valence-electron chi connectivity index (χ3n) is 3.10. The molecule has 2 aromatic rings. The van der Waals surface area contributed by atoms with Gasteiger partial charge in [0.2, 0.25) is 10.0 Å². The Kier molecular flexibility index (Phi) is 4.72. The van der Waals surface area contributed by atoms with Crippen LogP contribution in [0.2, 0.25) is 0 Å². The van der Waals surface area contributed by atoms with Crippen LogP contribution in [0, 0.1) is 17.1 Å². The van der Waals surface area contributed by atoms with Crippen LogP contribution in [0.25, 0.3) is 0 Å². The van der Waals surface area contributed by atoms with Gasteiger partial charge >= 0.3 is 6.55 Å². The molecular formula is C13H11F3N4O2S. The number of imidazole rings is 1. The second-order valence-electron chi connectivity index (χ2n) is 4.51. The molecule has 0 saturated heterocycles. The molecule has 10 heteroatoms. The first-order chi connectivity index (χ1) is 10.8. The first-order valence-corrected chi connectivity index (χ1v) is 7.68. The number of alkyl halides is 2. The molecule has 0 spiro atoms. The van der Waals surface area contributed by atoms with Crippen molar-refractivity contribution in [3.05, 3.63) is 47.8 Å². The molecule has 0 aliphatic rings. The lowest BCUT2D eigenvalue weighted by atomic mass is 10.2. The molecule has 0 N–H and O–H groups in total. The van der Waals surface area contributed by atoms with Gasteiger partial charge in [0.25, 0.3) is 0 Å². The molecule has 0 saturated carbocycles. The Hall–Kier alpha value is -2.38. The highest BCUT2D eigenvalue weighted by atomic mass is 32.2. The van der Waals surface area contributed by atoms with E-state index in [2.05, 4.69) is 4.98 Å². The predicted molar refractivity (Wildman–Crippen MR) is 73.2 cm³/mol. The third-order valence-corrected chi connectivity index (χ3v) is 4.94. The van der Waals surface area contributed by atoms with Crippen LogP contribution in [0.1, 0.15) is 17.9 Å². The number of halogens is 3. The van der Waals surface area contributed by atoms with E-state index in [0.29, 0.717) is 4.57 Å². The van der Waals surface area contributed by atoms with Gasteiger partial charge in [0.05, 0.1) is 6.54 Å². The van der Waals surface area contributed by atoms with Crippen molar-refractivity contribution in [1.82, 2.24) is 13.9 Å². The normalized spacial score (nSPS) is 11.9. The van der Waals surface area contributed by atoms with Crippen molar-refractivity contribution in [2.45, 2.75) is 18.0 Å². The van der Waals surface area contributed by atoms with Gasteiger partial charge in [-0.3, -0.25) is 4.57 Å². The van der Waals surface area contributed by atoms with E-state index in [4.69, 9.17) is 5.26 Å². The smallest absolute Gasteiger partial charge is 0.277 e. The lowest BCUT2D eigenvalue weighted by Gasteiger charge is -2.18. The number of hydrogen-bond acceptors (Lipinski definition) is 4. The lowest BCUT2D eigenvalue weighted by molar-refractivity contribution is 0.0658. The average Bonchev–Trinajstić information content (AvgIpc) is 2.95. The fraction of sp³-hybridized carbons (Fsp3) is 0.231. The van der Waals surface area contributed by atoms with E-state index in [1.165, 1.54) is 6.07 Å². The molecule has 0 aliphatic heterocycles. The molecule has 1 aromatic heterocycles. The molecular weight excluding hydrogens is 333 g/mol. The first kappa shape index (κ1) is 17.0. The van der Waals surface area contributed by atoms with Crippen molar-refractivity contribution < 1.29 is 21.6 Å². The van der Waals surface area contributed by atoms with E-state index >= 15 is 0 Å². The van der Waals surface area contributed by atoms with E-state index in [1.54, 1.807) is 0 Å². The number of aromatic nitrogens is 2. The van der Waals surface area contributed by atoms with Crippen LogP contribution in [0.4, 0.5) is 13.2 Å². The molecule has 0 aliphatic carbocycles. The molecule has 2 rings (SSSR count). The maximum absolute atomic E-state index is 13.6. The zero-order valence-corrected chi connectivity index (χ0v) is 12.6. The van der Waals surface area contributed by atoms with Gasteiger partial charge in [0.15, 0.2) is 0 Å². The molecule has 122 valence electrons. The number of rotatable bonds is 5. The summed E-state index contributed by atoms with van der Waals surface area (Å²) < 4.78 is 65.3. The monoisotopic (exact) mass is 344 g/mol. The highest BCUT2D eigenvalue weighted by molar-refractivity contribution is 7.89. The van der Waals surface area contributed by atoms with Gasteiger partial charge in [-0.15, -0.1) is 0 Å². The van der Waals surface area contributed by atoms with Crippen LogP contribution < -0.4 is 0 Å². The second kappa shape index (κ2) is 6.39. The van der Waals surface area contributed by atoms with Gasteiger partial charge in [0.1, 0.15) is 28.2 Å². The molecule has 6 nitrogen and oxygen atoms in total. The highest BCUT2D eigenvalue weighted by Gasteiger charge is 2.27. The minimum atomic E-state index is -4.25. The van der Waals surface area contributed by atoms with E-state index in [0.717, 1.165) is 41.9 Å². The number of nitrogens with zero attached hydrogens (tertiary/aromatic N) is 4. The Morgan fingerprint density at radius 2 is 2.13 bits per heavy atom. The Morgan fingerprint density at radius 1 is 1.43 bits per heavy atom. The van der Waals surface area contributed by atoms with Crippen LogP contribution in [0.5, 0.6) is 0 Å². The maximum Gasteiger partial charge on any atom is 0.319 e. The van der Waals surface area contributed by atoms with Crippen molar-refractivity contribution in [2.75, 3.05) is 7.05 Å². The lowest BCUT2D eigenvalue weighted by Crippen LogP contribution is -2.29. The van der Waals surface area contributed by atoms with E-state index < -0.39 is 39.4 Å². The standard InChI is InChI=1S/C13H11F3N4O2S/c1-19(8-12-18-5-6-20(12)13(15)16)23(21,22)11-4-2-3-10(14)9(11)7-17/h2-6,13H,8H2,1H3. The summed E-state index contributed by atoms with van der Waals surface area (Å²) in [5.74, 6) is -1.16. The molecule has 23 heavy (non-hydrogen) atoms. The fourth-order valence-electron chi connectivity index (χ4n) is 1.92. The second-order valence-corrected chi connectivity index (χ2v) is 6.53. The summed E-state index contributed by atoms with van der Waals surface area (Å²) in [4.78, 5) is 3.15.